The van der Waals surface area contributed by atoms with Crippen LogP contribution in [0.5, 0.6) is 0 Å². The molecule has 0 radical (unpaired) electrons. The highest BCUT2D eigenvalue weighted by atomic mass is 32.2. The zero-order valence-corrected chi connectivity index (χ0v) is 15.3. The Morgan fingerprint density at radius 2 is 1.85 bits per heavy atom. The Bertz CT molecular complexity index is 1010. The summed E-state index contributed by atoms with van der Waals surface area (Å²) in [6.07, 6.45) is -0.565. The number of hydrogen-bond donors (Lipinski definition) is 2. The third-order valence-corrected chi connectivity index (χ3v) is 6.02. The second kappa shape index (κ2) is 7.08. The van der Waals surface area contributed by atoms with E-state index in [9.17, 15) is 26.4 Å². The molecule has 0 unspecified atom stereocenters. The van der Waals surface area contributed by atoms with Gasteiger partial charge in [0.25, 0.3) is 5.56 Å². The predicted octanol–water partition coefficient (Wildman–Crippen LogP) is 2.45. The summed E-state index contributed by atoms with van der Waals surface area (Å²) in [5.74, 6) is 0. The number of aromatic nitrogens is 2. The molecule has 0 spiro atoms. The molecular weight excluding hydrogens is 383 g/mol. The molecule has 2 heterocycles. The third kappa shape index (κ3) is 4.06. The molecule has 2 aromatic heterocycles. The lowest BCUT2D eigenvalue weighted by Crippen LogP contribution is -2.30. The van der Waals surface area contributed by atoms with Gasteiger partial charge < -0.3 is 4.98 Å². The van der Waals surface area contributed by atoms with Crippen molar-refractivity contribution in [2.45, 2.75) is 50.2 Å². The van der Waals surface area contributed by atoms with Gasteiger partial charge in [0.1, 0.15) is 10.6 Å². The Hall–Kier alpha value is -2.20. The molecule has 2 N–H and O–H groups in total. The molecule has 0 atom stereocenters. The fourth-order valence-corrected chi connectivity index (χ4v) is 4.19. The molecule has 2 aromatic rings. The van der Waals surface area contributed by atoms with Crippen LogP contribution in [0.2, 0.25) is 0 Å². The van der Waals surface area contributed by atoms with Gasteiger partial charge in [-0.2, -0.15) is 13.2 Å². The van der Waals surface area contributed by atoms with Crippen LogP contribution in [0.25, 0.3) is 0 Å². The fraction of sp³-hybridized carbons (Fsp3) is 0.412. The van der Waals surface area contributed by atoms with E-state index in [2.05, 4.69) is 14.7 Å². The van der Waals surface area contributed by atoms with Crippen molar-refractivity contribution in [2.75, 3.05) is 0 Å². The van der Waals surface area contributed by atoms with Gasteiger partial charge >= 0.3 is 6.18 Å². The Morgan fingerprint density at radius 1 is 1.19 bits per heavy atom. The number of rotatable bonds is 4. The molecule has 0 aromatic carbocycles. The number of nitrogens with zero attached hydrogens (tertiary/aromatic N) is 1. The third-order valence-electron chi connectivity index (χ3n) is 4.64. The summed E-state index contributed by atoms with van der Waals surface area (Å²) in [5, 5.41) is 0. The number of aryl methyl sites for hydroxylation is 1. The van der Waals surface area contributed by atoms with Gasteiger partial charge in [0, 0.05) is 24.0 Å². The lowest BCUT2D eigenvalue weighted by atomic mass is 9.88. The predicted molar refractivity (Wildman–Crippen MR) is 91.7 cm³/mol. The number of pyridine rings is 2. The largest absolute Gasteiger partial charge is 0.433 e. The van der Waals surface area contributed by atoms with Crippen LogP contribution in [0.15, 0.2) is 28.0 Å². The van der Waals surface area contributed by atoms with Crippen LogP contribution in [-0.4, -0.2) is 18.4 Å². The maximum absolute atomic E-state index is 12.6. The standard InChI is InChI=1S/C17H18F3N3O3S/c1-10-12-4-2-3-5-13(12)14(16(24)23-10)9-22-27(25,26)11-6-7-15(21-8-11)17(18,19)20/h6-8,22H,2-5,9H2,1H3,(H,23,24). The van der Waals surface area contributed by atoms with E-state index < -0.39 is 26.8 Å². The normalized spacial score (nSPS) is 14.8. The van der Waals surface area contributed by atoms with Crippen LogP contribution >= 0.6 is 0 Å². The van der Waals surface area contributed by atoms with Crippen LogP contribution in [0.3, 0.4) is 0 Å². The van der Waals surface area contributed by atoms with Crippen molar-refractivity contribution in [2.24, 2.45) is 0 Å². The molecule has 1 aliphatic rings. The smallest absolute Gasteiger partial charge is 0.326 e. The average molecular weight is 401 g/mol. The molecule has 1 aliphatic carbocycles. The molecule has 0 fully saturated rings. The number of aromatic amines is 1. The van der Waals surface area contributed by atoms with Crippen molar-refractivity contribution in [1.82, 2.24) is 14.7 Å². The Morgan fingerprint density at radius 3 is 2.44 bits per heavy atom. The van der Waals surface area contributed by atoms with Crippen LogP contribution in [0, 0.1) is 6.92 Å². The topological polar surface area (TPSA) is 91.9 Å². The summed E-state index contributed by atoms with van der Waals surface area (Å²) in [6.45, 7) is 1.58. The first-order valence-corrected chi connectivity index (χ1v) is 9.84. The van der Waals surface area contributed by atoms with Gasteiger partial charge in [-0.3, -0.25) is 9.78 Å². The Labute approximate surface area is 153 Å². The molecule has 0 saturated carbocycles. The van der Waals surface area contributed by atoms with E-state index in [1.807, 2.05) is 6.92 Å². The molecule has 0 saturated heterocycles. The minimum absolute atomic E-state index is 0.235. The van der Waals surface area contributed by atoms with Gasteiger partial charge in [-0.15, -0.1) is 0 Å². The van der Waals surface area contributed by atoms with Crippen molar-refractivity contribution in [3.63, 3.8) is 0 Å². The van der Waals surface area contributed by atoms with Gasteiger partial charge in [-0.1, -0.05) is 0 Å². The van der Waals surface area contributed by atoms with E-state index in [1.165, 1.54) is 0 Å². The second-order valence-corrected chi connectivity index (χ2v) is 8.19. The molecule has 0 amide bonds. The minimum atomic E-state index is -4.65. The molecule has 27 heavy (non-hydrogen) atoms. The summed E-state index contributed by atoms with van der Waals surface area (Å²) in [4.78, 5) is 17.8. The number of fused-ring (bicyclic) bond motifs is 1. The van der Waals surface area contributed by atoms with E-state index in [0.717, 1.165) is 42.1 Å². The monoisotopic (exact) mass is 401 g/mol. The highest BCUT2D eigenvalue weighted by Crippen LogP contribution is 2.28. The molecule has 0 aliphatic heterocycles. The second-order valence-electron chi connectivity index (χ2n) is 6.42. The highest BCUT2D eigenvalue weighted by Gasteiger charge is 2.32. The van der Waals surface area contributed by atoms with Crippen LogP contribution in [-0.2, 0) is 35.6 Å². The number of H-pyrrole nitrogens is 1. The van der Waals surface area contributed by atoms with E-state index in [-0.39, 0.29) is 12.1 Å². The van der Waals surface area contributed by atoms with E-state index >= 15 is 0 Å². The van der Waals surface area contributed by atoms with Crippen molar-refractivity contribution in [3.05, 3.63) is 56.8 Å². The van der Waals surface area contributed by atoms with Crippen molar-refractivity contribution in [1.29, 1.82) is 0 Å². The molecule has 3 rings (SSSR count). The first-order valence-electron chi connectivity index (χ1n) is 8.36. The van der Waals surface area contributed by atoms with E-state index in [4.69, 9.17) is 0 Å². The summed E-state index contributed by atoms with van der Waals surface area (Å²) < 4.78 is 64.7. The number of nitrogens with one attached hydrogen (secondary N) is 2. The SMILES string of the molecule is Cc1[nH]c(=O)c(CNS(=O)(=O)c2ccc(C(F)(F)F)nc2)c2c1CCCC2. The Balaban J connectivity index is 1.85. The van der Waals surface area contributed by atoms with Gasteiger partial charge in [0.15, 0.2) is 0 Å². The lowest BCUT2D eigenvalue weighted by molar-refractivity contribution is -0.141. The van der Waals surface area contributed by atoms with Crippen molar-refractivity contribution in [3.8, 4) is 0 Å². The zero-order chi connectivity index (χ0) is 19.8. The van der Waals surface area contributed by atoms with Gasteiger partial charge in [0.05, 0.1) is 0 Å². The lowest BCUT2D eigenvalue weighted by Gasteiger charge is -2.21. The number of sulfonamides is 1. The van der Waals surface area contributed by atoms with Gasteiger partial charge in [-0.05, 0) is 55.9 Å². The molecular formula is C17H18F3N3O3S. The number of hydrogen-bond acceptors (Lipinski definition) is 4. The fourth-order valence-electron chi connectivity index (χ4n) is 3.25. The van der Waals surface area contributed by atoms with Crippen LogP contribution in [0.1, 0.15) is 40.9 Å². The summed E-state index contributed by atoms with van der Waals surface area (Å²) in [7, 11) is -4.11. The first-order chi connectivity index (χ1) is 12.6. The minimum Gasteiger partial charge on any atom is -0.326 e. The number of alkyl halides is 3. The molecule has 146 valence electrons. The molecule has 10 heteroatoms. The summed E-state index contributed by atoms with van der Waals surface area (Å²) in [5.41, 5.74) is 1.49. The maximum atomic E-state index is 12.6. The van der Waals surface area contributed by atoms with Crippen molar-refractivity contribution < 1.29 is 21.6 Å². The summed E-state index contributed by atoms with van der Waals surface area (Å²) in [6, 6.07) is 1.45. The summed E-state index contributed by atoms with van der Waals surface area (Å²) >= 11 is 0. The van der Waals surface area contributed by atoms with Crippen LogP contribution < -0.4 is 10.3 Å². The number of halogens is 3. The Kier molecular flexibility index (Phi) is 5.13. The first kappa shape index (κ1) is 19.6. The zero-order valence-electron chi connectivity index (χ0n) is 14.5. The quantitative estimate of drug-likeness (QED) is 0.823. The van der Waals surface area contributed by atoms with E-state index in [0.29, 0.717) is 24.2 Å². The maximum Gasteiger partial charge on any atom is 0.433 e. The van der Waals surface area contributed by atoms with Crippen LogP contribution in [0.4, 0.5) is 13.2 Å². The van der Waals surface area contributed by atoms with E-state index in [1.54, 1.807) is 0 Å². The highest BCUT2D eigenvalue weighted by molar-refractivity contribution is 7.89. The average Bonchev–Trinajstić information content (AvgIpc) is 2.61. The molecule has 0 bridgehead atoms. The van der Waals surface area contributed by atoms with Crippen molar-refractivity contribution >= 4 is 10.0 Å². The molecule has 6 nitrogen and oxygen atoms in total. The van der Waals surface area contributed by atoms with Gasteiger partial charge in [-0.25, -0.2) is 13.1 Å². The van der Waals surface area contributed by atoms with Gasteiger partial charge in [0.2, 0.25) is 10.0 Å².